The van der Waals surface area contributed by atoms with Gasteiger partial charge in [-0.3, -0.25) is 33.2 Å². The molecule has 17 nitrogen and oxygen atoms in total. The zero-order valence-corrected chi connectivity index (χ0v) is 69.8. The molecule has 19 heteroatoms. The SMILES string of the molecule is C#Cc1ccn(C(C)(C)C)n1.C#Cc1nccn1C(C)(C)C.C=CC(=O)C(C)(C)C.C=CS(=O)(=O)C(C)(C)C.C=Cc1ccn(C(C)(C)C)n1.C=Cc1ncc[nH]1.CC(C)(C)C1CC=CC(=O)C1.CC(C)(C)C1CCC=CC1=O.CC(C)(C)N1CC=CC1=O.CC(C)(C)n1ccc(F)n1.CC(C)C. The highest BCUT2D eigenvalue weighted by Gasteiger charge is 2.31. The third kappa shape index (κ3) is 42.2. The number of H-pyrrole nitrogens is 1. The van der Waals surface area contributed by atoms with Crippen LogP contribution in [0.5, 0.6) is 0 Å². The Labute approximate surface area is 623 Å². The molecule has 2 aliphatic carbocycles. The van der Waals surface area contributed by atoms with Gasteiger partial charge in [-0.15, -0.1) is 17.9 Å². The molecule has 103 heavy (non-hydrogen) atoms. The number of rotatable bonds is 4. The van der Waals surface area contributed by atoms with Gasteiger partial charge in [-0.2, -0.15) is 14.6 Å². The summed E-state index contributed by atoms with van der Waals surface area (Å²) >= 11 is 0. The number of sulfone groups is 1. The van der Waals surface area contributed by atoms with Gasteiger partial charge in [0.15, 0.2) is 33.0 Å². The molecule has 3 aliphatic rings. The van der Waals surface area contributed by atoms with Crippen LogP contribution in [-0.2, 0) is 51.2 Å². The van der Waals surface area contributed by atoms with Gasteiger partial charge in [0.25, 0.3) is 0 Å². The first-order valence-corrected chi connectivity index (χ1v) is 36.6. The van der Waals surface area contributed by atoms with E-state index in [1.54, 1.807) is 80.6 Å². The van der Waals surface area contributed by atoms with Crippen LogP contribution in [0.2, 0.25) is 0 Å². The molecule has 0 bridgehead atoms. The summed E-state index contributed by atoms with van der Waals surface area (Å²) in [4.78, 5) is 56.7. The van der Waals surface area contributed by atoms with E-state index in [4.69, 9.17) is 12.8 Å². The predicted molar refractivity (Wildman–Crippen MR) is 431 cm³/mol. The Bertz CT molecular complexity index is 3670. The molecule has 5 aromatic heterocycles. The minimum atomic E-state index is -3.07. The molecule has 2 unspecified atom stereocenters. The maximum Gasteiger partial charge on any atom is 0.247 e. The summed E-state index contributed by atoms with van der Waals surface area (Å²) < 4.78 is 40.8. The Morgan fingerprint density at radius 2 is 1.14 bits per heavy atom. The second-order valence-corrected chi connectivity index (χ2v) is 37.1. The highest BCUT2D eigenvalue weighted by molar-refractivity contribution is 7.95. The Kier molecular flexibility index (Phi) is 42.0. The minimum Gasteiger partial charge on any atom is -0.345 e. The first kappa shape index (κ1) is 98.9. The van der Waals surface area contributed by atoms with Gasteiger partial charge in [0, 0.05) is 96.3 Å². The summed E-state index contributed by atoms with van der Waals surface area (Å²) in [6.07, 6.45) is 42.6. The fourth-order valence-corrected chi connectivity index (χ4v) is 8.71. The highest BCUT2D eigenvalue weighted by atomic mass is 32.2. The molecular weight excluding hydrogens is 1310 g/mol. The van der Waals surface area contributed by atoms with E-state index < -0.39 is 20.5 Å². The van der Waals surface area contributed by atoms with Crippen LogP contribution >= 0.6 is 0 Å². The number of amides is 1. The van der Waals surface area contributed by atoms with Crippen LogP contribution in [0, 0.1) is 64.6 Å². The second-order valence-electron chi connectivity index (χ2n) is 34.5. The number of aromatic amines is 1. The van der Waals surface area contributed by atoms with E-state index in [1.165, 1.54) is 12.1 Å². The lowest BCUT2D eigenvalue weighted by Gasteiger charge is -2.31. The second kappa shape index (κ2) is 43.7. The molecule has 5 aromatic rings. The number of halogens is 1. The van der Waals surface area contributed by atoms with Gasteiger partial charge in [0.2, 0.25) is 11.9 Å². The zero-order valence-electron chi connectivity index (χ0n) is 69.0. The largest absolute Gasteiger partial charge is 0.345 e. The highest BCUT2D eigenvalue weighted by Crippen LogP contribution is 2.35. The predicted octanol–water partition coefficient (Wildman–Crippen LogP) is 19.5. The van der Waals surface area contributed by atoms with E-state index >= 15 is 0 Å². The van der Waals surface area contributed by atoms with Crippen molar-refractivity contribution in [1.82, 2.24) is 53.8 Å². The van der Waals surface area contributed by atoms with E-state index in [2.05, 4.69) is 193 Å². The van der Waals surface area contributed by atoms with Crippen molar-refractivity contribution in [1.29, 1.82) is 0 Å². The summed E-state index contributed by atoms with van der Waals surface area (Å²) in [6.45, 7) is 75.5. The Morgan fingerprint density at radius 1 is 0.621 bits per heavy atom. The molecule has 6 heterocycles. The summed E-state index contributed by atoms with van der Waals surface area (Å²) in [7, 11) is -3.07. The van der Waals surface area contributed by atoms with Crippen molar-refractivity contribution < 1.29 is 32.0 Å². The van der Waals surface area contributed by atoms with Crippen molar-refractivity contribution in [2.75, 3.05) is 6.54 Å². The van der Waals surface area contributed by atoms with Crippen molar-refractivity contribution in [3.05, 3.63) is 165 Å². The number of allylic oxidation sites excluding steroid dienone is 5. The number of ketones is 3. The summed E-state index contributed by atoms with van der Waals surface area (Å²) in [5, 5.41) is 13.1. The molecule has 0 radical (unpaired) electrons. The summed E-state index contributed by atoms with van der Waals surface area (Å²) in [6, 6.07) is 5.15. The first-order valence-electron chi connectivity index (χ1n) is 35.1. The van der Waals surface area contributed by atoms with Crippen LogP contribution < -0.4 is 0 Å². The van der Waals surface area contributed by atoms with Gasteiger partial charge in [0.1, 0.15) is 11.5 Å². The minimum absolute atomic E-state index is 0.0229. The molecule has 8 rings (SSSR count). The Balaban J connectivity index is -0.00000107. The molecular formula is C84H134FN11O6S. The maximum atomic E-state index is 12.3. The van der Waals surface area contributed by atoms with Gasteiger partial charge >= 0.3 is 0 Å². The Morgan fingerprint density at radius 3 is 1.37 bits per heavy atom. The lowest BCUT2D eigenvalue weighted by Crippen LogP contribution is -2.42. The molecule has 574 valence electrons. The van der Waals surface area contributed by atoms with Crippen LogP contribution in [-0.4, -0.2) is 102 Å². The van der Waals surface area contributed by atoms with Crippen LogP contribution in [0.15, 0.2) is 136 Å². The molecule has 0 spiro atoms. The van der Waals surface area contributed by atoms with Crippen LogP contribution in [0.4, 0.5) is 4.39 Å². The van der Waals surface area contributed by atoms with Crippen molar-refractivity contribution in [3.63, 3.8) is 0 Å². The van der Waals surface area contributed by atoms with Crippen molar-refractivity contribution in [2.24, 2.45) is 34.0 Å². The van der Waals surface area contributed by atoms with Gasteiger partial charge in [-0.1, -0.05) is 128 Å². The fraction of sp³-hybridized carbons (Fsp3) is 0.560. The molecule has 0 aromatic carbocycles. The first-order chi connectivity index (χ1) is 46.6. The smallest absolute Gasteiger partial charge is 0.247 e. The van der Waals surface area contributed by atoms with Gasteiger partial charge < -0.3 is 14.5 Å². The molecule has 0 fully saturated rings. The average Bonchev–Trinajstić information content (AvgIpc) is 1.83. The number of aromatic nitrogens is 10. The van der Waals surface area contributed by atoms with Gasteiger partial charge in [-0.25, -0.2) is 18.4 Å². The number of carbonyl (C=O) groups excluding carboxylic acids is 4. The summed E-state index contributed by atoms with van der Waals surface area (Å²) in [5.41, 5.74) is 1.77. The molecule has 1 N–H and O–H groups in total. The number of imidazole rings is 2. The van der Waals surface area contributed by atoms with Crippen LogP contribution in [0.25, 0.3) is 12.2 Å². The normalized spacial score (nSPS) is 15.0. The van der Waals surface area contributed by atoms with E-state index in [0.29, 0.717) is 23.2 Å². The topological polar surface area (TPSA) is 206 Å². The number of terminal acetylenes is 2. The molecule has 1 aliphatic heterocycles. The van der Waals surface area contributed by atoms with Gasteiger partial charge in [-0.05, 0) is 221 Å². The molecule has 0 saturated heterocycles. The van der Waals surface area contributed by atoms with Crippen molar-refractivity contribution >= 4 is 45.2 Å². The third-order valence-corrected chi connectivity index (χ3v) is 16.8. The number of nitrogens with one attached hydrogen (secondary N) is 1. The number of hydrogen-bond acceptors (Lipinski definition) is 11. The van der Waals surface area contributed by atoms with E-state index in [-0.39, 0.29) is 67.3 Å². The third-order valence-electron chi connectivity index (χ3n) is 14.7. The lowest BCUT2D eigenvalue weighted by atomic mass is 9.74. The van der Waals surface area contributed by atoms with E-state index in [0.717, 1.165) is 55.1 Å². The summed E-state index contributed by atoms with van der Waals surface area (Å²) in [5.74, 6) is 8.55. The molecule has 1 amide bonds. The average molecular weight is 1450 g/mol. The van der Waals surface area contributed by atoms with Crippen LogP contribution in [0.1, 0.15) is 256 Å². The molecule has 2 atom stereocenters. The zero-order chi connectivity index (χ0) is 81.1. The maximum absolute atomic E-state index is 12.3. The lowest BCUT2D eigenvalue weighted by molar-refractivity contribution is -0.128. The molecule has 0 saturated carbocycles. The van der Waals surface area contributed by atoms with E-state index in [9.17, 15) is 32.0 Å². The number of nitrogens with zero attached hydrogens (tertiary/aromatic N) is 10. The Hall–Kier alpha value is -8.29. The quantitative estimate of drug-likeness (QED) is 0.132. The monoisotopic (exact) mass is 1440 g/mol. The van der Waals surface area contributed by atoms with Crippen LogP contribution in [0.3, 0.4) is 0 Å². The van der Waals surface area contributed by atoms with Gasteiger partial charge in [0.05, 0.1) is 27.1 Å². The van der Waals surface area contributed by atoms with Crippen molar-refractivity contribution in [3.8, 4) is 24.7 Å². The fourth-order valence-electron chi connectivity index (χ4n) is 8.21. The van der Waals surface area contributed by atoms with E-state index in [1.807, 2.05) is 130 Å². The standard InChI is InChI=1S/2C10H16O.C9H12N2.C9H14N2.C9H12N2.C8H13NO.C7H11FN2.C7H12O.C6H12O2S.C5H6N2.C4H10/c1-10(2,3)8-5-4-6-9(11)7-8;1-10(2,3)8-6-4-5-7-9(8)11;1-5-8-10-6-7-11(8)9(2,3)4;2*1-5-8-6-7-11(10-8)9(2,3)4;1-8(2,3)9-6-4-5-7(9)10;1-7(2,3)10-5-4-6(8)9-10;1-5-6(8)7(2,3)4;1-5-9(7,8)6(2,3)4;1-2-5-6-3-4-7-5;1-4(2)3/h4,6,8H,5,7H2,1-3H3;5,7-8H,4,6H2,1-3H3;1,6-7H,2-4H3;5-7H,1H2,2-4H3;1,6-7H,2-4H3;4-5H,6H2,1-3H3;4-5H,1-3H3;5H,1H2,2-4H3;5H,1H2,2-4H3;2-4H,1H2,(H,6,7);4H,1-3H3. The number of carbonyl (C=O) groups is 4. The van der Waals surface area contributed by atoms with Crippen molar-refractivity contribution in [2.45, 2.75) is 266 Å². The number of hydrogen-bond donors (Lipinski definition) is 1.